The van der Waals surface area contributed by atoms with Crippen LogP contribution >= 0.6 is 7.60 Å². The number of fused-ring (bicyclic) bond motifs is 1. The molecule has 0 bridgehead atoms. The van der Waals surface area contributed by atoms with Crippen LogP contribution in [0.4, 0.5) is 5.82 Å². The summed E-state index contributed by atoms with van der Waals surface area (Å²) in [6.45, 7) is 2.44. The quantitative estimate of drug-likeness (QED) is 0.138. The summed E-state index contributed by atoms with van der Waals surface area (Å²) in [5.41, 5.74) is 6.90. The molecule has 10 radical (unpaired) electrons. The van der Waals surface area contributed by atoms with Crippen LogP contribution in [0.3, 0.4) is 0 Å². The minimum absolute atomic E-state index is 0.236. The predicted octanol–water partition coefficient (Wildman–Crippen LogP) is 3.69. The summed E-state index contributed by atoms with van der Waals surface area (Å²) >= 11 is 0. The van der Waals surface area contributed by atoms with E-state index in [0.717, 1.165) is 44.9 Å². The van der Waals surface area contributed by atoms with Crippen LogP contribution in [0.5, 0.6) is 0 Å². The number of aromatic nitrogens is 4. The molecule has 15 heteroatoms. The highest BCUT2D eigenvalue weighted by Gasteiger charge is 2.29. The minimum Gasteiger partial charge on any atom is -0.382 e. The van der Waals surface area contributed by atoms with Gasteiger partial charge in [-0.15, -0.1) is 10.3 Å². The SMILES string of the molecule is [B]C([B])([B])C([B])([B])CCCCCCCCCCCCCOP(=O)(O)CO[C@H](C)Cn1cnc2c(N)ncnc21. The van der Waals surface area contributed by atoms with E-state index in [1.165, 1.54) is 32.0 Å². The normalized spacial score (nSPS) is 14.9. The first-order valence-corrected chi connectivity index (χ1v) is 15.5. The first kappa shape index (κ1) is 34.0. The Morgan fingerprint density at radius 3 is 2.10 bits per heavy atom. The summed E-state index contributed by atoms with van der Waals surface area (Å²) < 4.78 is 24.9. The fourth-order valence-electron chi connectivity index (χ4n) is 4.16. The molecule has 3 N–H and O–H groups in total. The molecule has 0 aliphatic rings. The second-order valence-electron chi connectivity index (χ2n) is 10.5. The minimum atomic E-state index is -3.82. The Bertz CT molecular complexity index is 1040. The number of unbranched alkanes of at least 4 members (excludes halogenated alkanes) is 10. The Labute approximate surface area is 240 Å². The molecule has 2 rings (SSSR count). The van der Waals surface area contributed by atoms with Crippen LogP contribution in [0.2, 0.25) is 10.3 Å². The van der Waals surface area contributed by atoms with Gasteiger partial charge in [0.25, 0.3) is 0 Å². The third-order valence-corrected chi connectivity index (χ3v) is 7.80. The zero-order valence-electron chi connectivity index (χ0n) is 23.2. The lowest BCUT2D eigenvalue weighted by atomic mass is 9.22. The molecule has 0 spiro atoms. The summed E-state index contributed by atoms with van der Waals surface area (Å²) in [6.07, 6.45) is 14.4. The van der Waals surface area contributed by atoms with Gasteiger partial charge in [-0.2, -0.15) is 0 Å². The molecule has 0 saturated carbocycles. The largest absolute Gasteiger partial charge is 0.382 e. The van der Waals surface area contributed by atoms with E-state index < -0.39 is 17.9 Å². The highest BCUT2D eigenvalue weighted by atomic mass is 31.2. The standard InChI is InChI=1S/C24H39B5N5O4P/c1-19(15-34-17-33-20-21(30)31-16-32-22(20)34)37-18-39(35,36)38-14-12-10-8-6-4-2-3-5-7-9-11-13-23(25,26)24(27,28)29/h16-17,19H,2-15,18H2,1H3,(H,35,36)(H2,30,31,32)/t19-/m1/s1. The van der Waals surface area contributed by atoms with Crippen molar-refractivity contribution in [1.82, 2.24) is 19.5 Å². The van der Waals surface area contributed by atoms with Crippen molar-refractivity contribution < 1.29 is 18.7 Å². The van der Waals surface area contributed by atoms with Gasteiger partial charge in [0.15, 0.2) is 11.5 Å². The van der Waals surface area contributed by atoms with E-state index in [2.05, 4.69) is 15.0 Å². The molecule has 0 aliphatic heterocycles. The zero-order chi connectivity index (χ0) is 28.9. The summed E-state index contributed by atoms with van der Waals surface area (Å²) in [5.74, 6) is 0.302. The molecule has 2 atom stereocenters. The van der Waals surface area contributed by atoms with Crippen LogP contribution in [-0.4, -0.2) is 82.7 Å². The van der Waals surface area contributed by atoms with Crippen molar-refractivity contribution in [3.63, 3.8) is 0 Å². The Kier molecular flexibility index (Phi) is 14.2. The fourth-order valence-corrected chi connectivity index (χ4v) is 5.09. The maximum absolute atomic E-state index is 12.3. The van der Waals surface area contributed by atoms with E-state index in [-0.39, 0.29) is 19.1 Å². The predicted molar refractivity (Wildman–Crippen MR) is 160 cm³/mol. The molecule has 2 heterocycles. The van der Waals surface area contributed by atoms with Crippen molar-refractivity contribution in [1.29, 1.82) is 0 Å². The Hall–Kier alpha value is -1.22. The van der Waals surface area contributed by atoms with Crippen LogP contribution in [0.15, 0.2) is 12.7 Å². The smallest absolute Gasteiger partial charge is 0.353 e. The second-order valence-corrected chi connectivity index (χ2v) is 12.3. The molecular formula is C24H39B5N5O4P. The van der Waals surface area contributed by atoms with Crippen molar-refractivity contribution in [2.45, 2.75) is 107 Å². The summed E-state index contributed by atoms with van der Waals surface area (Å²) in [4.78, 5) is 22.4. The van der Waals surface area contributed by atoms with E-state index in [0.29, 0.717) is 29.9 Å². The Balaban J connectivity index is 1.44. The van der Waals surface area contributed by atoms with Crippen LogP contribution in [0.1, 0.15) is 84.0 Å². The number of imidazole rings is 1. The van der Waals surface area contributed by atoms with Gasteiger partial charge in [0.1, 0.15) is 18.2 Å². The van der Waals surface area contributed by atoms with Gasteiger partial charge in [-0.3, -0.25) is 4.57 Å². The molecule has 0 fully saturated rings. The number of ether oxygens (including phenoxy) is 1. The average Bonchev–Trinajstić information content (AvgIpc) is 3.26. The molecule has 0 aliphatic carbocycles. The van der Waals surface area contributed by atoms with Crippen LogP contribution < -0.4 is 5.73 Å². The highest BCUT2D eigenvalue weighted by molar-refractivity contribution is 7.52. The molecule has 204 valence electrons. The number of nitrogens with two attached hydrogens (primary N) is 1. The average molecular weight is 547 g/mol. The van der Waals surface area contributed by atoms with Crippen molar-refractivity contribution >= 4 is 63.8 Å². The van der Waals surface area contributed by atoms with Crippen LogP contribution in [0.25, 0.3) is 11.2 Å². The Morgan fingerprint density at radius 1 is 0.949 bits per heavy atom. The highest BCUT2D eigenvalue weighted by Crippen LogP contribution is 2.43. The van der Waals surface area contributed by atoms with Gasteiger partial charge < -0.3 is 24.5 Å². The number of rotatable bonds is 21. The lowest BCUT2D eigenvalue weighted by Gasteiger charge is -2.42. The summed E-state index contributed by atoms with van der Waals surface area (Å²) in [7, 11) is 24.7. The van der Waals surface area contributed by atoms with Gasteiger partial charge in [-0.05, 0) is 13.3 Å². The molecule has 2 aromatic heterocycles. The number of nitrogen functional groups attached to an aromatic ring is 1. The lowest BCUT2D eigenvalue weighted by molar-refractivity contribution is 0.0715. The first-order valence-electron chi connectivity index (χ1n) is 13.8. The number of nitrogens with zero attached hydrogens (tertiary/aromatic N) is 4. The van der Waals surface area contributed by atoms with E-state index in [9.17, 15) is 9.46 Å². The summed E-state index contributed by atoms with van der Waals surface area (Å²) in [6, 6.07) is 0. The third-order valence-electron chi connectivity index (χ3n) is 6.74. The maximum atomic E-state index is 12.3. The van der Waals surface area contributed by atoms with Gasteiger partial charge >= 0.3 is 7.60 Å². The fraction of sp³-hybridized carbons (Fsp3) is 0.792. The first-order chi connectivity index (χ1) is 18.3. The molecule has 9 nitrogen and oxygen atoms in total. The van der Waals surface area contributed by atoms with Gasteiger partial charge in [-0.1, -0.05) is 70.6 Å². The molecule has 0 amide bonds. The number of hydrogen-bond acceptors (Lipinski definition) is 7. The van der Waals surface area contributed by atoms with Gasteiger partial charge in [0.2, 0.25) is 0 Å². The van der Waals surface area contributed by atoms with Crippen LogP contribution in [-0.2, 0) is 20.4 Å². The molecular weight excluding hydrogens is 507 g/mol. The van der Waals surface area contributed by atoms with Crippen molar-refractivity contribution in [3.05, 3.63) is 12.7 Å². The van der Waals surface area contributed by atoms with Crippen molar-refractivity contribution in [2.24, 2.45) is 0 Å². The lowest BCUT2D eigenvalue weighted by Crippen LogP contribution is -2.32. The monoisotopic (exact) mass is 547 g/mol. The van der Waals surface area contributed by atoms with Crippen LogP contribution in [0, 0.1) is 0 Å². The third kappa shape index (κ3) is 12.5. The second kappa shape index (κ2) is 16.3. The summed E-state index contributed by atoms with van der Waals surface area (Å²) in [5, 5.41) is -2.84. The van der Waals surface area contributed by atoms with E-state index in [1.807, 2.05) is 0 Å². The molecule has 39 heavy (non-hydrogen) atoms. The maximum Gasteiger partial charge on any atom is 0.353 e. The van der Waals surface area contributed by atoms with Gasteiger partial charge in [0.05, 0.1) is 41.3 Å². The molecule has 1 unspecified atom stereocenters. The van der Waals surface area contributed by atoms with E-state index >= 15 is 0 Å². The van der Waals surface area contributed by atoms with Gasteiger partial charge in [0, 0.05) is 23.5 Å². The topological polar surface area (TPSA) is 125 Å². The van der Waals surface area contributed by atoms with Gasteiger partial charge in [-0.25, -0.2) is 15.0 Å². The molecule has 0 saturated heterocycles. The van der Waals surface area contributed by atoms with E-state index in [4.69, 9.17) is 54.2 Å². The molecule has 2 aromatic rings. The van der Waals surface area contributed by atoms with Crippen molar-refractivity contribution in [2.75, 3.05) is 18.7 Å². The number of hydrogen-bond donors (Lipinski definition) is 2. The van der Waals surface area contributed by atoms with E-state index in [1.54, 1.807) is 17.8 Å². The number of anilines is 1. The van der Waals surface area contributed by atoms with Crippen molar-refractivity contribution in [3.8, 4) is 0 Å². The Morgan fingerprint density at radius 2 is 1.51 bits per heavy atom. The molecule has 0 aromatic carbocycles. The zero-order valence-corrected chi connectivity index (χ0v) is 24.1.